The van der Waals surface area contributed by atoms with E-state index in [-0.39, 0.29) is 0 Å². The summed E-state index contributed by atoms with van der Waals surface area (Å²) in [5.74, 6) is 0. The zero-order chi connectivity index (χ0) is 7.28. The average molecular weight is 147 g/mol. The van der Waals surface area contributed by atoms with Gasteiger partial charge in [-0.15, -0.1) is 0 Å². The topological polar surface area (TPSA) is 27.3 Å². The fraction of sp³-hybridized carbons (Fsp3) is 1.00. The third-order valence-corrected chi connectivity index (χ3v) is 3.83. The Morgan fingerprint density at radius 3 is 1.89 bits per heavy atom. The van der Waals surface area contributed by atoms with Crippen molar-refractivity contribution in [1.82, 2.24) is 14.5 Å². The van der Waals surface area contributed by atoms with E-state index in [4.69, 9.17) is 0 Å². The van der Waals surface area contributed by atoms with Gasteiger partial charge in [0.1, 0.15) is 0 Å². The fourth-order valence-electron chi connectivity index (χ4n) is 0.768. The first-order valence-corrected chi connectivity index (χ1v) is 4.98. The van der Waals surface area contributed by atoms with Gasteiger partial charge >= 0.3 is 0 Å². The number of nitrogens with one attached hydrogen (secondary N) is 2. The predicted octanol–water partition coefficient (Wildman–Crippen LogP) is -0.906. The fourth-order valence-corrected chi connectivity index (χ4v) is 2.30. The van der Waals surface area contributed by atoms with Crippen LogP contribution in [0.2, 0.25) is 0 Å². The molecule has 0 atom stereocenters. The summed E-state index contributed by atoms with van der Waals surface area (Å²) < 4.78 is 2.32. The highest BCUT2D eigenvalue weighted by atomic mass is 28.3. The van der Waals surface area contributed by atoms with Gasteiger partial charge < -0.3 is 14.5 Å². The maximum atomic E-state index is 3.26. The summed E-state index contributed by atoms with van der Waals surface area (Å²) in [6.45, 7) is 3.27. The van der Waals surface area contributed by atoms with E-state index in [0.717, 1.165) is 6.54 Å². The number of nitrogens with zero attached hydrogens (tertiary/aromatic N) is 1. The van der Waals surface area contributed by atoms with Crippen LogP contribution in [0.3, 0.4) is 0 Å². The van der Waals surface area contributed by atoms with Crippen LogP contribution in [0.4, 0.5) is 0 Å². The molecule has 3 nitrogen and oxygen atoms in total. The van der Waals surface area contributed by atoms with Crippen molar-refractivity contribution >= 4 is 9.28 Å². The van der Waals surface area contributed by atoms with E-state index in [1.54, 1.807) is 0 Å². The monoisotopic (exact) mass is 147 g/mol. The lowest BCUT2D eigenvalue weighted by Crippen LogP contribution is -2.55. The maximum absolute atomic E-state index is 3.26. The number of hydrogen-bond acceptors (Lipinski definition) is 3. The smallest absolute Gasteiger partial charge is 0.266 e. The normalized spacial score (nSPS) is 11.3. The van der Waals surface area contributed by atoms with Gasteiger partial charge in [-0.25, -0.2) is 0 Å². The standard InChI is InChI=1S/C5H17N3Si/c1-5-8(4)9(6-2)7-3/h6-7,9H,5H2,1-4H3. The predicted molar refractivity (Wildman–Crippen MR) is 43.6 cm³/mol. The molecule has 4 heteroatoms. The summed E-state index contributed by atoms with van der Waals surface area (Å²) in [7, 11) is 5.18. The molecule has 0 heterocycles. The molecule has 2 N–H and O–H groups in total. The lowest BCUT2D eigenvalue weighted by Gasteiger charge is -2.22. The summed E-state index contributed by atoms with van der Waals surface area (Å²) >= 11 is 0. The van der Waals surface area contributed by atoms with E-state index >= 15 is 0 Å². The highest BCUT2D eigenvalue weighted by molar-refractivity contribution is 6.49. The molecule has 56 valence electrons. The van der Waals surface area contributed by atoms with Crippen LogP contribution in [-0.4, -0.2) is 41.5 Å². The van der Waals surface area contributed by atoms with Crippen LogP contribution in [0, 0.1) is 0 Å². The average Bonchev–Trinajstić information content (AvgIpc) is 1.90. The van der Waals surface area contributed by atoms with Gasteiger partial charge in [-0.3, -0.25) is 0 Å². The molecule has 0 aromatic carbocycles. The number of hydrogen-bond donors (Lipinski definition) is 2. The lowest BCUT2D eigenvalue weighted by molar-refractivity contribution is 0.528. The first kappa shape index (κ1) is 9.10. The molecule has 0 radical (unpaired) electrons. The van der Waals surface area contributed by atoms with Gasteiger partial charge in [-0.1, -0.05) is 6.92 Å². The molecule has 0 fully saturated rings. The third-order valence-electron chi connectivity index (χ3n) is 1.49. The molecular formula is C5H17N3Si. The molecule has 0 spiro atoms. The summed E-state index contributed by atoms with van der Waals surface area (Å²) in [5.41, 5.74) is 0. The minimum atomic E-state index is -0.953. The van der Waals surface area contributed by atoms with Crippen molar-refractivity contribution in [3.8, 4) is 0 Å². The Balaban J connectivity index is 3.50. The van der Waals surface area contributed by atoms with Crippen molar-refractivity contribution < 1.29 is 0 Å². The zero-order valence-corrected chi connectivity index (χ0v) is 7.89. The SMILES string of the molecule is CCN(C)[SiH](NC)NC. The molecule has 0 unspecified atom stereocenters. The van der Waals surface area contributed by atoms with Crippen LogP contribution < -0.4 is 9.96 Å². The molecule has 9 heavy (non-hydrogen) atoms. The van der Waals surface area contributed by atoms with Crippen molar-refractivity contribution in [2.75, 3.05) is 27.7 Å². The molecule has 0 rings (SSSR count). The van der Waals surface area contributed by atoms with Gasteiger partial charge in [-0.2, -0.15) is 0 Å². The Morgan fingerprint density at radius 2 is 1.78 bits per heavy atom. The van der Waals surface area contributed by atoms with E-state index in [0.29, 0.717) is 0 Å². The second-order valence-electron chi connectivity index (χ2n) is 2.05. The first-order chi connectivity index (χ1) is 4.26. The van der Waals surface area contributed by atoms with E-state index in [2.05, 4.69) is 28.5 Å². The molecular weight excluding hydrogens is 130 g/mol. The van der Waals surface area contributed by atoms with Crippen LogP contribution in [0.25, 0.3) is 0 Å². The quantitative estimate of drug-likeness (QED) is 0.504. The van der Waals surface area contributed by atoms with Crippen molar-refractivity contribution in [2.45, 2.75) is 6.92 Å². The summed E-state index contributed by atoms with van der Waals surface area (Å²) in [6, 6.07) is 0. The minimum absolute atomic E-state index is 0.953. The Morgan fingerprint density at radius 1 is 1.33 bits per heavy atom. The lowest BCUT2D eigenvalue weighted by atomic mass is 10.8. The van der Waals surface area contributed by atoms with Crippen molar-refractivity contribution in [2.24, 2.45) is 0 Å². The Labute approximate surface area is 59.3 Å². The molecule has 0 aliphatic rings. The summed E-state index contributed by atoms with van der Waals surface area (Å²) in [5, 5.41) is 0. The van der Waals surface area contributed by atoms with Crippen molar-refractivity contribution in [3.63, 3.8) is 0 Å². The van der Waals surface area contributed by atoms with Crippen LogP contribution >= 0.6 is 0 Å². The van der Waals surface area contributed by atoms with E-state index in [1.807, 2.05) is 14.1 Å². The van der Waals surface area contributed by atoms with Crippen LogP contribution in [-0.2, 0) is 0 Å². The van der Waals surface area contributed by atoms with Gasteiger partial charge in [0.25, 0.3) is 9.28 Å². The van der Waals surface area contributed by atoms with Gasteiger partial charge in [0, 0.05) is 0 Å². The number of rotatable bonds is 4. The molecule has 0 saturated carbocycles. The van der Waals surface area contributed by atoms with E-state index in [9.17, 15) is 0 Å². The summed E-state index contributed by atoms with van der Waals surface area (Å²) in [6.07, 6.45) is 0. The second-order valence-corrected chi connectivity index (χ2v) is 4.89. The largest absolute Gasteiger partial charge is 0.318 e. The Bertz CT molecular complexity index is 65.2. The minimum Gasteiger partial charge on any atom is -0.318 e. The molecule has 0 aromatic rings. The highest BCUT2D eigenvalue weighted by Crippen LogP contribution is 1.78. The molecule has 0 aromatic heterocycles. The van der Waals surface area contributed by atoms with Crippen LogP contribution in [0.5, 0.6) is 0 Å². The second kappa shape index (κ2) is 4.93. The Hall–Kier alpha value is 0.0969. The molecule has 0 saturated heterocycles. The van der Waals surface area contributed by atoms with Gasteiger partial charge in [0.2, 0.25) is 0 Å². The van der Waals surface area contributed by atoms with E-state index in [1.165, 1.54) is 0 Å². The van der Waals surface area contributed by atoms with Gasteiger partial charge in [0.05, 0.1) is 0 Å². The Kier molecular flexibility index (Phi) is 4.98. The summed E-state index contributed by atoms with van der Waals surface area (Å²) in [4.78, 5) is 6.51. The molecule has 0 aliphatic heterocycles. The van der Waals surface area contributed by atoms with Crippen LogP contribution in [0.15, 0.2) is 0 Å². The van der Waals surface area contributed by atoms with Gasteiger partial charge in [-0.05, 0) is 27.7 Å². The maximum Gasteiger partial charge on any atom is 0.266 e. The molecule has 0 aliphatic carbocycles. The van der Waals surface area contributed by atoms with Crippen LogP contribution in [0.1, 0.15) is 6.92 Å². The van der Waals surface area contributed by atoms with E-state index < -0.39 is 9.28 Å². The molecule has 0 amide bonds. The van der Waals surface area contributed by atoms with Crippen molar-refractivity contribution in [1.29, 1.82) is 0 Å². The zero-order valence-electron chi connectivity index (χ0n) is 6.73. The van der Waals surface area contributed by atoms with Crippen molar-refractivity contribution in [3.05, 3.63) is 0 Å². The molecule has 0 bridgehead atoms. The first-order valence-electron chi connectivity index (χ1n) is 3.31. The third kappa shape index (κ3) is 2.95. The van der Waals surface area contributed by atoms with Gasteiger partial charge in [0.15, 0.2) is 0 Å². The highest BCUT2D eigenvalue weighted by Gasteiger charge is 2.08.